The fraction of sp³-hybridized carbons (Fsp3) is 0. The third kappa shape index (κ3) is 4.74. The van der Waals surface area contributed by atoms with Gasteiger partial charge in [-0.3, -0.25) is 9.59 Å². The van der Waals surface area contributed by atoms with E-state index in [0.29, 0.717) is 44.3 Å². The topological polar surface area (TPSA) is 81.2 Å². The Bertz CT molecular complexity index is 1280. The lowest BCUT2D eigenvalue weighted by Crippen LogP contribution is -1.95. The van der Waals surface area contributed by atoms with Crippen LogP contribution in [0, 0.1) is 0 Å². The molecule has 154 valence electrons. The number of halogens is 2. The van der Waals surface area contributed by atoms with Gasteiger partial charge in [0.15, 0.2) is 12.6 Å². The first kappa shape index (κ1) is 21.0. The molecule has 0 saturated carbocycles. The lowest BCUT2D eigenvalue weighted by Gasteiger charge is -2.10. The van der Waals surface area contributed by atoms with Crippen LogP contribution in [0.2, 0.25) is 10.0 Å². The number of anilines is 2. The maximum Gasteiger partial charge on any atom is 0.210 e. The average molecular weight is 470 g/mol. The number of hydrogen-bond acceptors (Lipinski definition) is 7. The van der Waals surface area contributed by atoms with Crippen LogP contribution in [-0.2, 0) is 0 Å². The zero-order valence-electron chi connectivity index (χ0n) is 15.7. The number of aromatic nitrogens is 2. The van der Waals surface area contributed by atoms with Crippen molar-refractivity contribution in [3.63, 3.8) is 0 Å². The quantitative estimate of drug-likeness (QED) is 0.304. The summed E-state index contributed by atoms with van der Waals surface area (Å²) in [7, 11) is 0. The number of benzene rings is 3. The monoisotopic (exact) mass is 469 g/mol. The van der Waals surface area contributed by atoms with Gasteiger partial charge in [-0.05, 0) is 36.4 Å². The second kappa shape index (κ2) is 9.26. The van der Waals surface area contributed by atoms with E-state index >= 15 is 0 Å². The van der Waals surface area contributed by atoms with E-state index < -0.39 is 0 Å². The molecule has 0 aliphatic heterocycles. The molecule has 0 fully saturated rings. The molecule has 6 nitrogen and oxygen atoms in total. The molecule has 3 aromatic carbocycles. The summed E-state index contributed by atoms with van der Waals surface area (Å²) in [5.41, 5.74) is 2.00. The molecular formula is C22H13Cl2N3O3S. The van der Waals surface area contributed by atoms with E-state index in [2.05, 4.69) is 15.5 Å². The molecule has 0 radical (unpaired) electrons. The molecule has 0 atom stereocenters. The van der Waals surface area contributed by atoms with Crippen LogP contribution in [-0.4, -0.2) is 22.8 Å². The van der Waals surface area contributed by atoms with Gasteiger partial charge in [0.2, 0.25) is 5.13 Å². The Morgan fingerprint density at radius 1 is 0.903 bits per heavy atom. The Morgan fingerprint density at radius 3 is 2.52 bits per heavy atom. The summed E-state index contributed by atoms with van der Waals surface area (Å²) >= 11 is 13.3. The molecule has 9 heteroatoms. The summed E-state index contributed by atoms with van der Waals surface area (Å²) in [6, 6.07) is 17.3. The van der Waals surface area contributed by atoms with Crippen molar-refractivity contribution in [2.24, 2.45) is 0 Å². The Hall–Kier alpha value is -3.26. The molecule has 0 aliphatic rings. The largest absolute Gasteiger partial charge is 0.457 e. The standard InChI is InChI=1S/C22H13Cl2N3O3S/c23-18-8-7-15(10-19(18)24)25-22-27-26-21(31-22)13-3-1-5-16(9-13)30-20-6-2-4-14(11-28)17(20)12-29/h1-12H,(H,25,27). The minimum absolute atomic E-state index is 0.201. The summed E-state index contributed by atoms with van der Waals surface area (Å²) in [5, 5.41) is 13.7. The van der Waals surface area contributed by atoms with Crippen LogP contribution in [0.25, 0.3) is 10.6 Å². The maximum atomic E-state index is 11.4. The van der Waals surface area contributed by atoms with E-state index in [1.54, 1.807) is 48.5 Å². The predicted octanol–water partition coefficient (Wildman–Crippen LogP) is 6.67. The summed E-state index contributed by atoms with van der Waals surface area (Å²) in [6.45, 7) is 0. The van der Waals surface area contributed by atoms with Crippen LogP contribution < -0.4 is 10.1 Å². The van der Waals surface area contributed by atoms with E-state index in [9.17, 15) is 9.59 Å². The number of carbonyl (C=O) groups is 2. The molecule has 0 saturated heterocycles. The van der Waals surface area contributed by atoms with Crippen LogP contribution in [0.15, 0.2) is 60.7 Å². The number of nitrogens with zero attached hydrogens (tertiary/aromatic N) is 2. The van der Waals surface area contributed by atoms with Gasteiger partial charge in [-0.25, -0.2) is 0 Å². The van der Waals surface area contributed by atoms with Crippen molar-refractivity contribution in [2.75, 3.05) is 5.32 Å². The van der Waals surface area contributed by atoms with Gasteiger partial charge >= 0.3 is 0 Å². The fourth-order valence-electron chi connectivity index (χ4n) is 2.79. The van der Waals surface area contributed by atoms with Gasteiger partial charge in [0.25, 0.3) is 0 Å². The number of nitrogens with one attached hydrogen (secondary N) is 1. The van der Waals surface area contributed by atoms with Gasteiger partial charge in [-0.15, -0.1) is 10.2 Å². The van der Waals surface area contributed by atoms with E-state index in [4.69, 9.17) is 27.9 Å². The van der Waals surface area contributed by atoms with Gasteiger partial charge in [0, 0.05) is 16.8 Å². The SMILES string of the molecule is O=Cc1cccc(Oc2cccc(-c3nnc(Nc4ccc(Cl)c(Cl)c4)s3)c2)c1C=O. The maximum absolute atomic E-state index is 11.4. The first-order chi connectivity index (χ1) is 15.1. The van der Waals surface area contributed by atoms with E-state index in [1.165, 1.54) is 11.3 Å². The van der Waals surface area contributed by atoms with E-state index in [0.717, 1.165) is 11.3 Å². The summed E-state index contributed by atoms with van der Waals surface area (Å²) in [4.78, 5) is 22.6. The second-order valence-corrected chi connectivity index (χ2v) is 8.08. The van der Waals surface area contributed by atoms with Crippen molar-refractivity contribution in [1.29, 1.82) is 0 Å². The number of rotatable bonds is 7. The van der Waals surface area contributed by atoms with Gasteiger partial charge < -0.3 is 10.1 Å². The molecule has 1 heterocycles. The smallest absolute Gasteiger partial charge is 0.210 e. The minimum Gasteiger partial charge on any atom is -0.457 e. The molecule has 4 aromatic rings. The lowest BCUT2D eigenvalue weighted by atomic mass is 10.1. The van der Waals surface area contributed by atoms with Crippen LogP contribution in [0.4, 0.5) is 10.8 Å². The van der Waals surface area contributed by atoms with Crippen molar-refractivity contribution >= 4 is 57.9 Å². The highest BCUT2D eigenvalue weighted by Crippen LogP contribution is 2.33. The van der Waals surface area contributed by atoms with Crippen molar-refractivity contribution < 1.29 is 14.3 Å². The summed E-state index contributed by atoms with van der Waals surface area (Å²) in [5.74, 6) is 0.800. The molecular weight excluding hydrogens is 457 g/mol. The van der Waals surface area contributed by atoms with Gasteiger partial charge in [0.1, 0.15) is 16.5 Å². The van der Waals surface area contributed by atoms with Crippen LogP contribution in [0.1, 0.15) is 20.7 Å². The second-order valence-electron chi connectivity index (χ2n) is 6.29. The molecule has 31 heavy (non-hydrogen) atoms. The van der Waals surface area contributed by atoms with Crippen molar-refractivity contribution in [1.82, 2.24) is 10.2 Å². The highest BCUT2D eigenvalue weighted by molar-refractivity contribution is 7.18. The Kier molecular flexibility index (Phi) is 6.27. The molecule has 4 rings (SSSR count). The van der Waals surface area contributed by atoms with Crippen molar-refractivity contribution in [3.8, 4) is 22.1 Å². The van der Waals surface area contributed by atoms with Crippen molar-refractivity contribution in [2.45, 2.75) is 0 Å². The van der Waals surface area contributed by atoms with E-state index in [-0.39, 0.29) is 11.1 Å². The average Bonchev–Trinajstić information content (AvgIpc) is 3.25. The fourth-order valence-corrected chi connectivity index (χ4v) is 3.84. The zero-order chi connectivity index (χ0) is 21.8. The molecule has 0 unspecified atom stereocenters. The first-order valence-corrected chi connectivity index (χ1v) is 10.5. The van der Waals surface area contributed by atoms with Crippen LogP contribution in [0.5, 0.6) is 11.5 Å². The van der Waals surface area contributed by atoms with Crippen LogP contribution >= 0.6 is 34.5 Å². The van der Waals surface area contributed by atoms with Crippen LogP contribution in [0.3, 0.4) is 0 Å². The lowest BCUT2D eigenvalue weighted by molar-refractivity contribution is 0.109. The van der Waals surface area contributed by atoms with Gasteiger partial charge in [-0.2, -0.15) is 0 Å². The summed E-state index contributed by atoms with van der Waals surface area (Å²) < 4.78 is 5.86. The predicted molar refractivity (Wildman–Crippen MR) is 122 cm³/mol. The normalized spacial score (nSPS) is 10.5. The first-order valence-electron chi connectivity index (χ1n) is 8.94. The number of ether oxygens (including phenoxy) is 1. The van der Waals surface area contributed by atoms with Gasteiger partial charge in [-0.1, -0.05) is 58.8 Å². The molecule has 1 N–H and O–H groups in total. The molecule has 0 spiro atoms. The molecule has 0 aliphatic carbocycles. The third-order valence-electron chi connectivity index (χ3n) is 4.25. The van der Waals surface area contributed by atoms with Gasteiger partial charge in [0.05, 0.1) is 15.6 Å². The Morgan fingerprint density at radius 2 is 1.74 bits per heavy atom. The molecule has 0 amide bonds. The number of aldehydes is 2. The summed E-state index contributed by atoms with van der Waals surface area (Å²) in [6.07, 6.45) is 1.23. The molecule has 0 bridgehead atoms. The van der Waals surface area contributed by atoms with Crippen molar-refractivity contribution in [3.05, 3.63) is 81.8 Å². The zero-order valence-corrected chi connectivity index (χ0v) is 18.0. The number of carbonyl (C=O) groups excluding carboxylic acids is 2. The molecule has 1 aromatic heterocycles. The Balaban J connectivity index is 1.56. The third-order valence-corrected chi connectivity index (χ3v) is 5.88. The highest BCUT2D eigenvalue weighted by atomic mass is 35.5. The minimum atomic E-state index is 0.201. The highest BCUT2D eigenvalue weighted by Gasteiger charge is 2.12. The Labute approximate surface area is 191 Å². The number of hydrogen-bond donors (Lipinski definition) is 1. The van der Waals surface area contributed by atoms with E-state index in [1.807, 2.05) is 12.1 Å².